The number of fused-ring (bicyclic) bond motifs is 1. The number of pyridine rings is 1. The molecule has 0 spiro atoms. The molecule has 0 unspecified atom stereocenters. The van der Waals surface area contributed by atoms with Crippen LogP contribution in [-0.4, -0.2) is 64.2 Å². The van der Waals surface area contributed by atoms with E-state index in [2.05, 4.69) is 30.4 Å². The van der Waals surface area contributed by atoms with Crippen molar-refractivity contribution in [3.8, 4) is 16.9 Å². The molecule has 3 aromatic heterocycles. The van der Waals surface area contributed by atoms with E-state index in [0.717, 1.165) is 22.4 Å². The van der Waals surface area contributed by atoms with Gasteiger partial charge in [-0.1, -0.05) is 24.3 Å². The molecule has 0 atom stereocenters. The minimum absolute atomic E-state index is 0.0198. The lowest BCUT2D eigenvalue weighted by atomic mass is 10.1. The molecular formula is C27H25F3N8O2S. The number of sulfone groups is 1. The molecule has 14 heteroatoms. The van der Waals surface area contributed by atoms with Crippen LogP contribution >= 0.6 is 0 Å². The first-order valence-corrected chi connectivity index (χ1v) is 14.2. The fourth-order valence-corrected chi connectivity index (χ4v) is 5.29. The fourth-order valence-electron chi connectivity index (χ4n) is 4.30. The molecule has 0 fully saturated rings. The minimum atomic E-state index is -4.48. The van der Waals surface area contributed by atoms with Gasteiger partial charge in [0.15, 0.2) is 15.7 Å². The number of halogens is 3. The van der Waals surface area contributed by atoms with E-state index in [1.807, 2.05) is 24.3 Å². The maximum atomic E-state index is 13.3. The van der Waals surface area contributed by atoms with E-state index in [1.54, 1.807) is 42.2 Å². The summed E-state index contributed by atoms with van der Waals surface area (Å²) in [5, 5.41) is 7.17. The predicted molar refractivity (Wildman–Crippen MR) is 149 cm³/mol. The van der Waals surface area contributed by atoms with Crippen molar-refractivity contribution in [1.29, 1.82) is 0 Å². The Morgan fingerprint density at radius 1 is 1.00 bits per heavy atom. The summed E-state index contributed by atoms with van der Waals surface area (Å²) in [5.41, 5.74) is 3.64. The van der Waals surface area contributed by atoms with Crippen molar-refractivity contribution in [1.82, 2.24) is 29.7 Å². The summed E-state index contributed by atoms with van der Waals surface area (Å²) in [6, 6.07) is 15.6. The molecule has 0 saturated carbocycles. The zero-order chi connectivity index (χ0) is 29.4. The van der Waals surface area contributed by atoms with Crippen LogP contribution in [0.4, 0.5) is 24.9 Å². The third-order valence-corrected chi connectivity index (χ3v) is 7.49. The van der Waals surface area contributed by atoms with Crippen molar-refractivity contribution in [3.63, 3.8) is 0 Å². The molecule has 1 N–H and O–H groups in total. The summed E-state index contributed by atoms with van der Waals surface area (Å²) in [4.78, 5) is 18.5. The molecule has 0 bridgehead atoms. The third kappa shape index (κ3) is 6.43. The Kier molecular flexibility index (Phi) is 7.34. The molecule has 212 valence electrons. The zero-order valence-corrected chi connectivity index (χ0v) is 23.1. The van der Waals surface area contributed by atoms with Crippen molar-refractivity contribution < 1.29 is 21.6 Å². The summed E-state index contributed by atoms with van der Waals surface area (Å²) in [7, 11) is -2.22. The highest BCUT2D eigenvalue weighted by molar-refractivity contribution is 7.90. The number of anilines is 2. The van der Waals surface area contributed by atoms with Crippen LogP contribution in [0.2, 0.25) is 0 Å². The number of rotatable bonds is 8. The Morgan fingerprint density at radius 2 is 1.76 bits per heavy atom. The summed E-state index contributed by atoms with van der Waals surface area (Å²) >= 11 is 0. The van der Waals surface area contributed by atoms with Crippen LogP contribution in [0.1, 0.15) is 11.1 Å². The molecule has 2 aromatic carbocycles. The number of nitrogens with one attached hydrogen (secondary N) is 1. The van der Waals surface area contributed by atoms with Crippen LogP contribution in [0.5, 0.6) is 0 Å². The summed E-state index contributed by atoms with van der Waals surface area (Å²) < 4.78 is 66.1. The number of aromatic nitrogens is 6. The van der Waals surface area contributed by atoms with Gasteiger partial charge in [-0.15, -0.1) is 0 Å². The lowest BCUT2D eigenvalue weighted by Crippen LogP contribution is -2.32. The lowest BCUT2D eigenvalue weighted by molar-refractivity contribution is -0.119. The Bertz CT molecular complexity index is 1810. The van der Waals surface area contributed by atoms with Crippen molar-refractivity contribution in [3.05, 3.63) is 78.4 Å². The van der Waals surface area contributed by atoms with Gasteiger partial charge in [-0.25, -0.2) is 28.1 Å². The largest absolute Gasteiger partial charge is 0.405 e. The lowest BCUT2D eigenvalue weighted by Gasteiger charge is -2.22. The normalized spacial score (nSPS) is 12.0. The molecule has 0 amide bonds. The second kappa shape index (κ2) is 10.8. The standard InChI is InChI=1S/C27H25F3N8O2S/c1-17-4-7-19(12-23(17)41(3,39)40)21-10-11-22-24(34-21)25(37(2)14-27(28,29)30)36-26(35-22)32-13-18-5-8-20(9-6-18)38-16-31-15-33-38/h4-12,15-16H,13-14H2,1-3H3,(H,32,35,36). The fraction of sp³-hybridized carbons (Fsp3) is 0.222. The highest BCUT2D eigenvalue weighted by atomic mass is 32.2. The average molecular weight is 583 g/mol. The van der Waals surface area contributed by atoms with E-state index in [9.17, 15) is 21.6 Å². The van der Waals surface area contributed by atoms with Crippen molar-refractivity contribution >= 4 is 32.6 Å². The van der Waals surface area contributed by atoms with Crippen LogP contribution in [0.15, 0.2) is 72.1 Å². The SMILES string of the molecule is Cc1ccc(-c2ccc3nc(NCc4ccc(-n5cncn5)cc4)nc(N(C)CC(F)(F)F)c3n2)cc1S(C)(=O)=O. The predicted octanol–water partition coefficient (Wildman–Crippen LogP) is 4.60. The molecule has 5 aromatic rings. The number of hydrogen-bond acceptors (Lipinski definition) is 9. The van der Waals surface area contributed by atoms with Gasteiger partial charge in [0.1, 0.15) is 24.7 Å². The van der Waals surface area contributed by atoms with Crippen molar-refractivity contribution in [2.75, 3.05) is 30.1 Å². The first-order chi connectivity index (χ1) is 19.4. The van der Waals surface area contributed by atoms with Gasteiger partial charge in [0, 0.05) is 25.4 Å². The average Bonchev–Trinajstić information content (AvgIpc) is 3.45. The number of alkyl halides is 3. The first-order valence-electron chi connectivity index (χ1n) is 12.3. The number of hydrogen-bond donors (Lipinski definition) is 1. The molecular weight excluding hydrogens is 557 g/mol. The minimum Gasteiger partial charge on any atom is -0.350 e. The quantitative estimate of drug-likeness (QED) is 0.280. The van der Waals surface area contributed by atoms with E-state index in [4.69, 9.17) is 0 Å². The topological polar surface area (TPSA) is 119 Å². The zero-order valence-electron chi connectivity index (χ0n) is 22.3. The van der Waals surface area contributed by atoms with E-state index in [0.29, 0.717) is 28.9 Å². The smallest absolute Gasteiger partial charge is 0.350 e. The first kappa shape index (κ1) is 28.0. The second-order valence-corrected chi connectivity index (χ2v) is 11.5. The molecule has 5 rings (SSSR count). The van der Waals surface area contributed by atoms with E-state index >= 15 is 0 Å². The van der Waals surface area contributed by atoms with E-state index < -0.39 is 22.6 Å². The molecule has 0 radical (unpaired) electrons. The maximum Gasteiger partial charge on any atom is 0.405 e. The van der Waals surface area contributed by atoms with Gasteiger partial charge in [-0.3, -0.25) is 0 Å². The van der Waals surface area contributed by atoms with Gasteiger partial charge in [-0.2, -0.15) is 23.3 Å². The summed E-state index contributed by atoms with van der Waals surface area (Å²) in [6.07, 6.45) is -0.349. The molecule has 0 aliphatic carbocycles. The van der Waals surface area contributed by atoms with Crippen LogP contribution in [0, 0.1) is 6.92 Å². The maximum absolute atomic E-state index is 13.3. The molecule has 0 aliphatic rings. The molecule has 10 nitrogen and oxygen atoms in total. The summed E-state index contributed by atoms with van der Waals surface area (Å²) in [6.45, 7) is 0.748. The summed E-state index contributed by atoms with van der Waals surface area (Å²) in [5.74, 6) is 0.111. The van der Waals surface area contributed by atoms with E-state index in [1.165, 1.54) is 19.4 Å². The van der Waals surface area contributed by atoms with Gasteiger partial charge in [0.2, 0.25) is 5.95 Å². The van der Waals surface area contributed by atoms with Crippen LogP contribution in [0.3, 0.4) is 0 Å². The van der Waals surface area contributed by atoms with Gasteiger partial charge < -0.3 is 10.2 Å². The third-order valence-electron chi connectivity index (χ3n) is 6.26. The van der Waals surface area contributed by atoms with Crippen molar-refractivity contribution in [2.24, 2.45) is 0 Å². The Morgan fingerprint density at radius 3 is 2.41 bits per heavy atom. The van der Waals surface area contributed by atoms with Gasteiger partial charge in [0.25, 0.3) is 0 Å². The molecule has 0 saturated heterocycles. The van der Waals surface area contributed by atoms with Gasteiger partial charge in [-0.05, 0) is 48.4 Å². The Labute approximate surface area is 233 Å². The van der Waals surface area contributed by atoms with Crippen molar-refractivity contribution in [2.45, 2.75) is 24.5 Å². The number of benzene rings is 2. The van der Waals surface area contributed by atoms with E-state index in [-0.39, 0.29) is 22.2 Å². The molecule has 0 aliphatic heterocycles. The Hall–Kier alpha value is -4.59. The van der Waals surface area contributed by atoms with Gasteiger partial charge >= 0.3 is 6.18 Å². The number of aryl methyl sites for hydroxylation is 1. The highest BCUT2D eigenvalue weighted by Gasteiger charge is 2.31. The molecule has 41 heavy (non-hydrogen) atoms. The molecule has 3 heterocycles. The second-order valence-electron chi connectivity index (χ2n) is 9.52. The number of nitrogens with zero attached hydrogens (tertiary/aromatic N) is 7. The van der Waals surface area contributed by atoms with Crippen LogP contribution in [-0.2, 0) is 16.4 Å². The Balaban J connectivity index is 1.49. The monoisotopic (exact) mass is 582 g/mol. The van der Waals surface area contributed by atoms with Crippen LogP contribution < -0.4 is 10.2 Å². The van der Waals surface area contributed by atoms with Crippen LogP contribution in [0.25, 0.3) is 28.0 Å². The van der Waals surface area contributed by atoms with Gasteiger partial charge in [0.05, 0.1) is 21.8 Å². The highest BCUT2D eigenvalue weighted by Crippen LogP contribution is 2.30.